The number of fused-ring (bicyclic) bond motifs is 1. The zero-order chi connectivity index (χ0) is 22.5. The van der Waals surface area contributed by atoms with Crippen LogP contribution in [0.2, 0.25) is 0 Å². The number of rotatable bonds is 6. The van der Waals surface area contributed by atoms with Crippen molar-refractivity contribution in [2.24, 2.45) is 17.3 Å². The molecule has 3 fully saturated rings. The van der Waals surface area contributed by atoms with E-state index in [0.717, 1.165) is 18.7 Å². The lowest BCUT2D eigenvalue weighted by Crippen LogP contribution is -2.53. The molecule has 0 radical (unpaired) electrons. The van der Waals surface area contributed by atoms with Gasteiger partial charge in [-0.05, 0) is 56.6 Å². The van der Waals surface area contributed by atoms with Crippen molar-refractivity contribution in [1.82, 2.24) is 9.88 Å². The van der Waals surface area contributed by atoms with E-state index < -0.39 is 12.2 Å². The number of aliphatic hydroxyl groups is 2. The Morgan fingerprint density at radius 2 is 1.77 bits per heavy atom. The normalized spacial score (nSPS) is 36.0. The van der Waals surface area contributed by atoms with Crippen LogP contribution in [-0.4, -0.2) is 44.9 Å². The quantitative estimate of drug-likeness (QED) is 0.583. The van der Waals surface area contributed by atoms with Crippen molar-refractivity contribution >= 4 is 0 Å². The second-order valence-corrected chi connectivity index (χ2v) is 11.0. The maximum absolute atomic E-state index is 11.2. The third-order valence-corrected chi connectivity index (χ3v) is 8.97. The first-order chi connectivity index (χ1) is 14.7. The van der Waals surface area contributed by atoms with Gasteiger partial charge in [-0.15, -0.1) is 0 Å². The summed E-state index contributed by atoms with van der Waals surface area (Å²) < 4.78 is 0. The number of unbranched alkanes of at least 4 members (excludes halogenated alkanes) is 1. The Labute approximate surface area is 189 Å². The second kappa shape index (κ2) is 8.59. The molecule has 1 aliphatic heterocycles. The number of H-pyrrole nitrogens is 1. The fraction of sp³-hybridized carbons (Fsp3) is 0.778. The predicted octanol–water partition coefficient (Wildman–Crippen LogP) is 5.21. The molecule has 1 saturated heterocycles. The Morgan fingerprint density at radius 3 is 2.39 bits per heavy atom. The molecule has 4 nitrogen and oxygen atoms in total. The lowest BCUT2D eigenvalue weighted by Gasteiger charge is -2.46. The van der Waals surface area contributed by atoms with Gasteiger partial charge < -0.3 is 20.1 Å². The molecule has 3 N–H and O–H groups in total. The number of aromatic amines is 1. The average Bonchev–Trinajstić information content (AvgIpc) is 3.14. The van der Waals surface area contributed by atoms with Crippen LogP contribution >= 0.6 is 0 Å². The molecular formula is C27H44N2O2. The summed E-state index contributed by atoms with van der Waals surface area (Å²) in [6.07, 6.45) is 9.84. The van der Waals surface area contributed by atoms with E-state index in [2.05, 4.69) is 57.5 Å². The number of likely N-dealkylation sites (tertiary alicyclic amines) is 1. The minimum absolute atomic E-state index is 0.109. The summed E-state index contributed by atoms with van der Waals surface area (Å²) in [7, 11) is 0. The van der Waals surface area contributed by atoms with Crippen molar-refractivity contribution in [3.05, 3.63) is 34.3 Å². The Balaban J connectivity index is 1.62. The number of aliphatic hydroxyl groups excluding tert-OH is 2. The highest BCUT2D eigenvalue weighted by Gasteiger charge is 2.54. The van der Waals surface area contributed by atoms with Crippen molar-refractivity contribution in [2.45, 2.75) is 111 Å². The van der Waals surface area contributed by atoms with Gasteiger partial charge in [-0.1, -0.05) is 53.0 Å². The highest BCUT2D eigenvalue weighted by Crippen LogP contribution is 2.55. The van der Waals surface area contributed by atoms with Crippen LogP contribution in [0, 0.1) is 31.1 Å². The molecule has 2 heterocycles. The van der Waals surface area contributed by atoms with E-state index in [-0.39, 0.29) is 17.3 Å². The molecule has 0 aromatic carbocycles. The molecule has 1 aromatic heterocycles. The van der Waals surface area contributed by atoms with E-state index in [1.54, 1.807) is 0 Å². The van der Waals surface area contributed by atoms with Gasteiger partial charge in [0.25, 0.3) is 0 Å². The maximum Gasteiger partial charge on any atom is 0.0736 e. The SMILES string of the molecule is CCCCN1C(=CC2C(O)C(c3[nH]c(C)c(CC)c3C)C2O)C(C)(C)C2CCCCC21. The monoisotopic (exact) mass is 428 g/mol. The fourth-order valence-electron chi connectivity index (χ4n) is 7.13. The van der Waals surface area contributed by atoms with E-state index in [4.69, 9.17) is 0 Å². The van der Waals surface area contributed by atoms with Crippen LogP contribution in [0.1, 0.15) is 94.7 Å². The van der Waals surface area contributed by atoms with Gasteiger partial charge in [0.05, 0.1) is 18.1 Å². The summed E-state index contributed by atoms with van der Waals surface area (Å²) >= 11 is 0. The minimum atomic E-state index is -0.532. The Morgan fingerprint density at radius 1 is 1.10 bits per heavy atom. The molecule has 0 spiro atoms. The smallest absolute Gasteiger partial charge is 0.0736 e. The number of nitrogens with zero attached hydrogens (tertiary/aromatic N) is 1. The Bertz CT molecular complexity index is 813. The van der Waals surface area contributed by atoms with Gasteiger partial charge in [0.1, 0.15) is 0 Å². The van der Waals surface area contributed by atoms with Gasteiger partial charge in [-0.25, -0.2) is 0 Å². The van der Waals surface area contributed by atoms with Gasteiger partial charge in [0.15, 0.2) is 0 Å². The van der Waals surface area contributed by atoms with Gasteiger partial charge in [0.2, 0.25) is 0 Å². The molecule has 4 rings (SSSR count). The van der Waals surface area contributed by atoms with Gasteiger partial charge in [0, 0.05) is 41.0 Å². The van der Waals surface area contributed by atoms with Crippen LogP contribution in [0.4, 0.5) is 0 Å². The van der Waals surface area contributed by atoms with Crippen molar-refractivity contribution in [2.75, 3.05) is 6.54 Å². The molecule has 4 heteroatoms. The molecule has 4 unspecified atom stereocenters. The summed E-state index contributed by atoms with van der Waals surface area (Å²) in [6, 6.07) is 0.632. The summed E-state index contributed by atoms with van der Waals surface area (Å²) in [5, 5.41) is 22.4. The maximum atomic E-state index is 11.2. The highest BCUT2D eigenvalue weighted by atomic mass is 16.3. The zero-order valence-corrected chi connectivity index (χ0v) is 20.5. The standard InChI is InChI=1S/C27H44N2O2/c1-7-9-14-29-21-13-11-10-12-20(21)27(5,6)22(29)15-19-25(30)23(26(19)31)24-16(3)18(8-2)17(4)28-24/h15,19-21,23,25-26,28,30-31H,7-14H2,1-6H3. The van der Waals surface area contributed by atoms with Crippen molar-refractivity contribution in [3.63, 3.8) is 0 Å². The number of nitrogens with one attached hydrogen (secondary N) is 1. The summed E-state index contributed by atoms with van der Waals surface area (Å²) in [5.74, 6) is 0.295. The van der Waals surface area contributed by atoms with E-state index in [9.17, 15) is 10.2 Å². The lowest BCUT2D eigenvalue weighted by molar-refractivity contribution is -0.0966. The van der Waals surface area contributed by atoms with Crippen LogP contribution in [0.25, 0.3) is 0 Å². The number of aromatic nitrogens is 1. The zero-order valence-electron chi connectivity index (χ0n) is 20.5. The number of allylic oxidation sites excluding steroid dienone is 1. The van der Waals surface area contributed by atoms with Gasteiger partial charge in [-0.3, -0.25) is 0 Å². The highest BCUT2D eigenvalue weighted by molar-refractivity contribution is 5.41. The van der Waals surface area contributed by atoms with Crippen LogP contribution in [0.5, 0.6) is 0 Å². The van der Waals surface area contributed by atoms with Crippen molar-refractivity contribution in [3.8, 4) is 0 Å². The molecule has 174 valence electrons. The van der Waals surface area contributed by atoms with Crippen molar-refractivity contribution < 1.29 is 10.2 Å². The molecule has 3 aliphatic rings. The number of hydrogen-bond donors (Lipinski definition) is 3. The van der Waals surface area contributed by atoms with Crippen molar-refractivity contribution in [1.29, 1.82) is 0 Å². The first-order valence-corrected chi connectivity index (χ1v) is 12.8. The van der Waals surface area contributed by atoms with E-state index in [0.29, 0.717) is 12.0 Å². The topological polar surface area (TPSA) is 59.5 Å². The summed E-state index contributed by atoms with van der Waals surface area (Å²) in [6.45, 7) is 14.5. The summed E-state index contributed by atoms with van der Waals surface area (Å²) in [4.78, 5) is 6.15. The Hall–Kier alpha value is -1.26. The minimum Gasteiger partial charge on any atom is -0.392 e. The molecule has 0 bridgehead atoms. The van der Waals surface area contributed by atoms with Crippen LogP contribution in [0.3, 0.4) is 0 Å². The van der Waals surface area contributed by atoms with Crippen LogP contribution < -0.4 is 0 Å². The van der Waals surface area contributed by atoms with E-state index in [1.807, 2.05) is 0 Å². The van der Waals surface area contributed by atoms with Crippen LogP contribution in [-0.2, 0) is 6.42 Å². The first-order valence-electron chi connectivity index (χ1n) is 12.8. The first kappa shape index (κ1) is 22.9. The number of aryl methyl sites for hydroxylation is 1. The molecule has 1 aromatic rings. The summed E-state index contributed by atoms with van der Waals surface area (Å²) in [5.41, 5.74) is 6.23. The fourth-order valence-corrected chi connectivity index (χ4v) is 7.13. The molecular weight excluding hydrogens is 384 g/mol. The predicted molar refractivity (Wildman–Crippen MR) is 127 cm³/mol. The molecule has 2 saturated carbocycles. The third kappa shape index (κ3) is 3.58. The second-order valence-electron chi connectivity index (χ2n) is 11.0. The largest absolute Gasteiger partial charge is 0.392 e. The van der Waals surface area contributed by atoms with E-state index in [1.165, 1.54) is 61.0 Å². The molecule has 2 aliphatic carbocycles. The van der Waals surface area contributed by atoms with Gasteiger partial charge in [-0.2, -0.15) is 0 Å². The van der Waals surface area contributed by atoms with Gasteiger partial charge >= 0.3 is 0 Å². The Kier molecular flexibility index (Phi) is 6.35. The number of hydrogen-bond acceptors (Lipinski definition) is 3. The molecule has 4 atom stereocenters. The average molecular weight is 429 g/mol. The lowest BCUT2D eigenvalue weighted by atomic mass is 9.65. The third-order valence-electron chi connectivity index (χ3n) is 8.97. The molecule has 0 amide bonds. The molecule has 31 heavy (non-hydrogen) atoms. The van der Waals surface area contributed by atoms with Crippen LogP contribution in [0.15, 0.2) is 11.8 Å². The van der Waals surface area contributed by atoms with E-state index >= 15 is 0 Å².